The van der Waals surface area contributed by atoms with Gasteiger partial charge in [0.15, 0.2) is 5.65 Å². The van der Waals surface area contributed by atoms with Gasteiger partial charge in [0.2, 0.25) is 0 Å². The van der Waals surface area contributed by atoms with Crippen LogP contribution in [0.2, 0.25) is 0 Å². The van der Waals surface area contributed by atoms with Gasteiger partial charge in [-0.05, 0) is 39.0 Å². The molecule has 0 radical (unpaired) electrons. The minimum Gasteiger partial charge on any atom is -0.444 e. The van der Waals surface area contributed by atoms with Crippen LogP contribution in [0, 0.1) is 0 Å². The van der Waals surface area contributed by atoms with Gasteiger partial charge in [0, 0.05) is 11.8 Å². The Balaban J connectivity index is 1.93. The summed E-state index contributed by atoms with van der Waals surface area (Å²) in [5.41, 5.74) is 0.347. The van der Waals surface area contributed by atoms with E-state index in [0.717, 1.165) is 12.1 Å². The summed E-state index contributed by atoms with van der Waals surface area (Å²) in [7, 11) is 0. The second kappa shape index (κ2) is 6.57. The highest BCUT2D eigenvalue weighted by atomic mass is 19.4. The number of anilines is 1. The molecule has 0 unspecified atom stereocenters. The number of hydrogen-bond donors (Lipinski definition) is 1. The lowest BCUT2D eigenvalue weighted by molar-refractivity contribution is -0.137. The number of halogens is 3. The molecule has 0 saturated heterocycles. The maximum Gasteiger partial charge on any atom is 0.416 e. The summed E-state index contributed by atoms with van der Waals surface area (Å²) in [5, 5.41) is 6.75. The van der Waals surface area contributed by atoms with Crippen molar-refractivity contribution in [1.29, 1.82) is 0 Å². The molecule has 0 fully saturated rings. The van der Waals surface area contributed by atoms with Gasteiger partial charge in [-0.1, -0.05) is 12.1 Å². The van der Waals surface area contributed by atoms with Gasteiger partial charge in [0.25, 0.3) is 0 Å². The zero-order valence-electron chi connectivity index (χ0n) is 14.8. The van der Waals surface area contributed by atoms with E-state index in [9.17, 15) is 18.0 Å². The lowest BCUT2D eigenvalue weighted by Gasteiger charge is -2.19. The predicted octanol–water partition coefficient (Wildman–Crippen LogP) is 4.76. The van der Waals surface area contributed by atoms with Crippen LogP contribution in [-0.2, 0) is 10.9 Å². The van der Waals surface area contributed by atoms with Crippen LogP contribution in [0.3, 0.4) is 0 Å². The SMILES string of the molecule is CC(C)(C)OC(=O)Nc1cnn2c(-c3ccc(C(F)(F)F)cc3)ccnc12. The first-order valence-electron chi connectivity index (χ1n) is 8.05. The van der Waals surface area contributed by atoms with Crippen molar-refractivity contribution in [3.8, 4) is 11.3 Å². The lowest BCUT2D eigenvalue weighted by Crippen LogP contribution is -2.27. The maximum atomic E-state index is 12.7. The quantitative estimate of drug-likeness (QED) is 0.698. The summed E-state index contributed by atoms with van der Waals surface area (Å²) in [6.45, 7) is 5.22. The number of carbonyl (C=O) groups is 1. The minimum atomic E-state index is -4.40. The Hall–Kier alpha value is -3.10. The van der Waals surface area contributed by atoms with Crippen LogP contribution >= 0.6 is 0 Å². The number of aromatic nitrogens is 3. The highest BCUT2D eigenvalue weighted by Gasteiger charge is 2.30. The number of benzene rings is 1. The first-order valence-corrected chi connectivity index (χ1v) is 8.05. The number of nitrogens with zero attached hydrogens (tertiary/aromatic N) is 3. The summed E-state index contributed by atoms with van der Waals surface area (Å²) >= 11 is 0. The molecule has 0 aliphatic carbocycles. The molecule has 0 aliphatic rings. The van der Waals surface area contributed by atoms with Gasteiger partial charge in [-0.2, -0.15) is 18.3 Å². The Morgan fingerprint density at radius 3 is 2.37 bits per heavy atom. The van der Waals surface area contributed by atoms with E-state index in [4.69, 9.17) is 4.74 Å². The summed E-state index contributed by atoms with van der Waals surface area (Å²) in [6.07, 6.45) is -2.16. The molecule has 1 aromatic carbocycles. The minimum absolute atomic E-state index is 0.331. The Labute approximate surface area is 153 Å². The topological polar surface area (TPSA) is 68.5 Å². The first kappa shape index (κ1) is 18.7. The molecule has 27 heavy (non-hydrogen) atoms. The van der Waals surface area contributed by atoms with Crippen molar-refractivity contribution >= 4 is 17.4 Å². The zero-order valence-corrected chi connectivity index (χ0v) is 14.8. The second-order valence-corrected chi connectivity index (χ2v) is 6.83. The average Bonchev–Trinajstić information content (AvgIpc) is 2.95. The second-order valence-electron chi connectivity index (χ2n) is 6.83. The lowest BCUT2D eigenvalue weighted by atomic mass is 10.1. The van der Waals surface area contributed by atoms with Crippen LogP contribution < -0.4 is 5.32 Å². The normalized spacial score (nSPS) is 12.2. The van der Waals surface area contributed by atoms with E-state index in [1.807, 2.05) is 0 Å². The van der Waals surface area contributed by atoms with Crippen molar-refractivity contribution in [3.05, 3.63) is 48.3 Å². The van der Waals surface area contributed by atoms with Gasteiger partial charge < -0.3 is 4.74 Å². The Morgan fingerprint density at radius 2 is 1.78 bits per heavy atom. The van der Waals surface area contributed by atoms with Gasteiger partial charge in [-0.15, -0.1) is 0 Å². The fourth-order valence-electron chi connectivity index (χ4n) is 2.44. The van der Waals surface area contributed by atoms with Crippen molar-refractivity contribution in [1.82, 2.24) is 14.6 Å². The van der Waals surface area contributed by atoms with Crippen LogP contribution in [-0.4, -0.2) is 26.3 Å². The molecule has 2 aromatic heterocycles. The van der Waals surface area contributed by atoms with E-state index in [2.05, 4.69) is 15.4 Å². The number of fused-ring (bicyclic) bond motifs is 1. The van der Waals surface area contributed by atoms with Gasteiger partial charge in [0.05, 0.1) is 17.5 Å². The van der Waals surface area contributed by atoms with E-state index in [1.165, 1.54) is 29.0 Å². The molecule has 0 bridgehead atoms. The van der Waals surface area contributed by atoms with E-state index < -0.39 is 23.4 Å². The van der Waals surface area contributed by atoms with E-state index in [-0.39, 0.29) is 0 Å². The van der Waals surface area contributed by atoms with Crippen LogP contribution in [0.15, 0.2) is 42.7 Å². The fraction of sp³-hybridized carbons (Fsp3) is 0.278. The molecular weight excluding hydrogens is 361 g/mol. The van der Waals surface area contributed by atoms with E-state index >= 15 is 0 Å². The summed E-state index contributed by atoms with van der Waals surface area (Å²) < 4.78 is 44.9. The zero-order chi connectivity index (χ0) is 19.8. The third-order valence-electron chi connectivity index (χ3n) is 3.54. The third-order valence-corrected chi connectivity index (χ3v) is 3.54. The molecule has 1 amide bonds. The molecule has 0 spiro atoms. The van der Waals surface area contributed by atoms with Gasteiger partial charge in [0.1, 0.15) is 11.3 Å². The van der Waals surface area contributed by atoms with Gasteiger partial charge in [-0.3, -0.25) is 5.32 Å². The number of hydrogen-bond acceptors (Lipinski definition) is 4. The van der Waals surface area contributed by atoms with Crippen molar-refractivity contribution in [3.63, 3.8) is 0 Å². The number of amides is 1. The van der Waals surface area contributed by atoms with Crippen LogP contribution in [0.4, 0.5) is 23.7 Å². The van der Waals surface area contributed by atoms with Crippen LogP contribution in [0.5, 0.6) is 0 Å². The number of carbonyl (C=O) groups excluding carboxylic acids is 1. The largest absolute Gasteiger partial charge is 0.444 e. The van der Waals surface area contributed by atoms with Gasteiger partial charge >= 0.3 is 12.3 Å². The molecule has 142 valence electrons. The molecule has 3 aromatic rings. The Bertz CT molecular complexity index is 973. The molecule has 1 N–H and O–H groups in total. The van der Waals surface area contributed by atoms with Crippen molar-refractivity contribution in [2.75, 3.05) is 5.32 Å². The van der Waals surface area contributed by atoms with E-state index in [0.29, 0.717) is 22.6 Å². The highest BCUT2D eigenvalue weighted by Crippen LogP contribution is 2.31. The monoisotopic (exact) mass is 378 g/mol. The standard InChI is InChI=1S/C18H17F3N4O2/c1-17(2,3)27-16(26)24-13-10-23-25-14(8-9-22-15(13)25)11-4-6-12(7-5-11)18(19,20)21/h4-10H,1-3H3,(H,24,26). The number of rotatable bonds is 2. The highest BCUT2D eigenvalue weighted by molar-refractivity contribution is 5.89. The first-order chi connectivity index (χ1) is 12.5. The molecular formula is C18H17F3N4O2. The average molecular weight is 378 g/mol. The molecule has 0 saturated carbocycles. The van der Waals surface area contributed by atoms with Crippen molar-refractivity contribution in [2.45, 2.75) is 32.5 Å². The van der Waals surface area contributed by atoms with Crippen LogP contribution in [0.1, 0.15) is 26.3 Å². The molecule has 9 heteroatoms. The molecule has 6 nitrogen and oxygen atoms in total. The molecule has 2 heterocycles. The van der Waals surface area contributed by atoms with Crippen LogP contribution in [0.25, 0.3) is 16.9 Å². The summed E-state index contributed by atoms with van der Waals surface area (Å²) in [6, 6.07) is 6.36. The maximum absolute atomic E-state index is 12.7. The summed E-state index contributed by atoms with van der Waals surface area (Å²) in [4.78, 5) is 16.1. The number of ether oxygens (including phenoxy) is 1. The molecule has 0 atom stereocenters. The van der Waals surface area contributed by atoms with Crippen molar-refractivity contribution in [2.24, 2.45) is 0 Å². The number of nitrogens with one attached hydrogen (secondary N) is 1. The molecule has 3 rings (SSSR count). The number of alkyl halides is 3. The Kier molecular flexibility index (Phi) is 4.54. The van der Waals surface area contributed by atoms with Crippen molar-refractivity contribution < 1.29 is 22.7 Å². The predicted molar refractivity (Wildman–Crippen MR) is 93.3 cm³/mol. The van der Waals surface area contributed by atoms with E-state index in [1.54, 1.807) is 26.8 Å². The third kappa shape index (κ3) is 4.18. The fourth-order valence-corrected chi connectivity index (χ4v) is 2.44. The Morgan fingerprint density at radius 1 is 1.11 bits per heavy atom. The summed E-state index contributed by atoms with van der Waals surface area (Å²) in [5.74, 6) is 0. The smallest absolute Gasteiger partial charge is 0.416 e. The molecule has 0 aliphatic heterocycles. The van der Waals surface area contributed by atoms with Gasteiger partial charge in [-0.25, -0.2) is 14.3 Å².